The van der Waals surface area contributed by atoms with E-state index in [-0.39, 0.29) is 5.97 Å². The molecule has 0 aliphatic carbocycles. The zero-order valence-electron chi connectivity index (χ0n) is 9.19. The average molecular weight is 204 g/mol. The summed E-state index contributed by atoms with van der Waals surface area (Å²) in [7, 11) is 0. The van der Waals surface area contributed by atoms with E-state index in [1.807, 2.05) is 43.3 Å². The molecule has 0 saturated carbocycles. The molecule has 0 N–H and O–H groups in total. The van der Waals surface area contributed by atoms with E-state index >= 15 is 0 Å². The highest BCUT2D eigenvalue weighted by molar-refractivity contribution is 5.87. The molecular weight excluding hydrogens is 188 g/mol. The highest BCUT2D eigenvalue weighted by atomic mass is 16.5. The summed E-state index contributed by atoms with van der Waals surface area (Å²) < 4.78 is 4.88. The summed E-state index contributed by atoms with van der Waals surface area (Å²) in [6.45, 7) is 4.01. The van der Waals surface area contributed by atoms with Crippen molar-refractivity contribution in [3.8, 4) is 0 Å². The molecule has 0 fully saturated rings. The fourth-order valence-electron chi connectivity index (χ4n) is 1.21. The molecule has 1 aromatic rings. The van der Waals surface area contributed by atoms with Crippen LogP contribution >= 0.6 is 0 Å². The standard InChI is InChI=1S/C13H16O2/c1-3-15-13(14)11(2)9-10-12-7-5-4-6-8-12/h4-9H,3,10H2,1-2H3. The van der Waals surface area contributed by atoms with Crippen molar-refractivity contribution in [3.05, 3.63) is 47.5 Å². The second kappa shape index (κ2) is 6.02. The first-order valence-corrected chi connectivity index (χ1v) is 5.12. The largest absolute Gasteiger partial charge is 0.463 e. The van der Waals surface area contributed by atoms with Gasteiger partial charge in [0.25, 0.3) is 0 Å². The topological polar surface area (TPSA) is 26.3 Å². The third-order valence-corrected chi connectivity index (χ3v) is 2.08. The quantitative estimate of drug-likeness (QED) is 0.557. The Morgan fingerprint density at radius 2 is 2.00 bits per heavy atom. The van der Waals surface area contributed by atoms with Crippen molar-refractivity contribution in [2.45, 2.75) is 20.3 Å². The highest BCUT2D eigenvalue weighted by Crippen LogP contribution is 2.04. The number of ether oxygens (including phenoxy) is 1. The van der Waals surface area contributed by atoms with Gasteiger partial charge < -0.3 is 4.74 Å². The van der Waals surface area contributed by atoms with E-state index in [1.54, 1.807) is 6.92 Å². The molecule has 80 valence electrons. The second-order valence-corrected chi connectivity index (χ2v) is 3.30. The third-order valence-electron chi connectivity index (χ3n) is 2.08. The predicted octanol–water partition coefficient (Wildman–Crippen LogP) is 2.74. The Morgan fingerprint density at radius 3 is 2.60 bits per heavy atom. The van der Waals surface area contributed by atoms with Gasteiger partial charge in [0.05, 0.1) is 6.61 Å². The lowest BCUT2D eigenvalue weighted by Gasteiger charge is -2.01. The summed E-state index contributed by atoms with van der Waals surface area (Å²) in [5, 5.41) is 0. The van der Waals surface area contributed by atoms with Crippen LogP contribution in [0.5, 0.6) is 0 Å². The summed E-state index contributed by atoms with van der Waals surface area (Å²) in [6.07, 6.45) is 2.67. The van der Waals surface area contributed by atoms with Crippen LogP contribution in [0.3, 0.4) is 0 Å². The second-order valence-electron chi connectivity index (χ2n) is 3.30. The summed E-state index contributed by atoms with van der Waals surface area (Å²) in [6, 6.07) is 10.0. The Hall–Kier alpha value is -1.57. The molecule has 1 aromatic carbocycles. The Balaban J connectivity index is 2.54. The molecule has 0 spiro atoms. The molecule has 15 heavy (non-hydrogen) atoms. The van der Waals surface area contributed by atoms with Crippen LogP contribution in [0.1, 0.15) is 19.4 Å². The molecule has 0 unspecified atom stereocenters. The van der Waals surface area contributed by atoms with Crippen molar-refractivity contribution >= 4 is 5.97 Å². The van der Waals surface area contributed by atoms with E-state index in [2.05, 4.69) is 0 Å². The Morgan fingerprint density at radius 1 is 1.33 bits per heavy atom. The van der Waals surface area contributed by atoms with Crippen molar-refractivity contribution < 1.29 is 9.53 Å². The fourth-order valence-corrected chi connectivity index (χ4v) is 1.21. The Labute approximate surface area is 90.6 Å². The van der Waals surface area contributed by atoms with Gasteiger partial charge in [-0.3, -0.25) is 0 Å². The van der Waals surface area contributed by atoms with E-state index in [4.69, 9.17) is 4.74 Å². The van der Waals surface area contributed by atoms with Crippen LogP contribution in [-0.4, -0.2) is 12.6 Å². The lowest BCUT2D eigenvalue weighted by Crippen LogP contribution is -2.05. The van der Waals surface area contributed by atoms with Gasteiger partial charge in [-0.25, -0.2) is 4.79 Å². The van der Waals surface area contributed by atoms with Crippen LogP contribution in [-0.2, 0) is 16.0 Å². The van der Waals surface area contributed by atoms with Crippen molar-refractivity contribution in [1.29, 1.82) is 0 Å². The first-order chi connectivity index (χ1) is 7.24. The number of benzene rings is 1. The number of esters is 1. The molecule has 0 amide bonds. The third kappa shape index (κ3) is 3.98. The fraction of sp³-hybridized carbons (Fsp3) is 0.308. The number of hydrogen-bond donors (Lipinski definition) is 0. The van der Waals surface area contributed by atoms with Gasteiger partial charge in [0.1, 0.15) is 0 Å². The Bertz CT molecular complexity index is 339. The number of rotatable bonds is 4. The average Bonchev–Trinajstić information content (AvgIpc) is 2.27. The van der Waals surface area contributed by atoms with E-state index in [0.29, 0.717) is 12.2 Å². The summed E-state index contributed by atoms with van der Waals surface area (Å²) in [5.74, 6) is -0.228. The van der Waals surface area contributed by atoms with Crippen LogP contribution in [0.15, 0.2) is 42.0 Å². The normalized spacial score (nSPS) is 11.2. The number of allylic oxidation sites excluding steroid dienone is 1. The monoisotopic (exact) mass is 204 g/mol. The summed E-state index contributed by atoms with van der Waals surface area (Å²) in [4.78, 5) is 11.3. The number of carbonyl (C=O) groups excluding carboxylic acids is 1. The van der Waals surface area contributed by atoms with Gasteiger partial charge in [-0.15, -0.1) is 0 Å². The molecule has 0 bridgehead atoms. The lowest BCUT2D eigenvalue weighted by molar-refractivity contribution is -0.138. The molecule has 1 rings (SSSR count). The molecule has 2 heteroatoms. The minimum atomic E-state index is -0.228. The zero-order chi connectivity index (χ0) is 11.1. The van der Waals surface area contributed by atoms with E-state index in [0.717, 1.165) is 6.42 Å². The maximum atomic E-state index is 11.3. The van der Waals surface area contributed by atoms with Gasteiger partial charge in [0.2, 0.25) is 0 Å². The molecule has 0 aliphatic heterocycles. The first-order valence-electron chi connectivity index (χ1n) is 5.12. The lowest BCUT2D eigenvalue weighted by atomic mass is 10.1. The minimum Gasteiger partial charge on any atom is -0.463 e. The smallest absolute Gasteiger partial charge is 0.333 e. The van der Waals surface area contributed by atoms with E-state index in [1.165, 1.54) is 5.56 Å². The number of carbonyl (C=O) groups is 1. The van der Waals surface area contributed by atoms with Gasteiger partial charge in [-0.2, -0.15) is 0 Å². The van der Waals surface area contributed by atoms with Crippen molar-refractivity contribution in [2.24, 2.45) is 0 Å². The molecule has 0 aromatic heterocycles. The van der Waals surface area contributed by atoms with Gasteiger partial charge in [0.15, 0.2) is 0 Å². The van der Waals surface area contributed by atoms with Crippen LogP contribution in [0.2, 0.25) is 0 Å². The Kier molecular flexibility index (Phi) is 4.61. The number of hydrogen-bond acceptors (Lipinski definition) is 2. The molecule has 0 atom stereocenters. The van der Waals surface area contributed by atoms with Crippen LogP contribution < -0.4 is 0 Å². The molecule has 0 saturated heterocycles. The first kappa shape index (κ1) is 11.5. The molecule has 0 aliphatic rings. The summed E-state index contributed by atoms with van der Waals surface area (Å²) >= 11 is 0. The van der Waals surface area contributed by atoms with Gasteiger partial charge >= 0.3 is 5.97 Å². The molecule has 0 heterocycles. The SMILES string of the molecule is CCOC(=O)C(C)=CCc1ccccc1. The van der Waals surface area contributed by atoms with Crippen molar-refractivity contribution in [1.82, 2.24) is 0 Å². The van der Waals surface area contributed by atoms with E-state index < -0.39 is 0 Å². The maximum absolute atomic E-state index is 11.3. The zero-order valence-corrected chi connectivity index (χ0v) is 9.19. The molecule has 2 nitrogen and oxygen atoms in total. The maximum Gasteiger partial charge on any atom is 0.333 e. The van der Waals surface area contributed by atoms with Crippen molar-refractivity contribution in [3.63, 3.8) is 0 Å². The van der Waals surface area contributed by atoms with E-state index in [9.17, 15) is 4.79 Å². The van der Waals surface area contributed by atoms with Gasteiger partial charge in [-0.1, -0.05) is 36.4 Å². The van der Waals surface area contributed by atoms with Crippen molar-refractivity contribution in [2.75, 3.05) is 6.61 Å². The van der Waals surface area contributed by atoms with Gasteiger partial charge in [0, 0.05) is 5.57 Å². The van der Waals surface area contributed by atoms with Gasteiger partial charge in [-0.05, 0) is 25.8 Å². The van der Waals surface area contributed by atoms with Crippen LogP contribution in [0, 0.1) is 0 Å². The van der Waals surface area contributed by atoms with Crippen LogP contribution in [0.25, 0.3) is 0 Å². The highest BCUT2D eigenvalue weighted by Gasteiger charge is 2.02. The molecule has 0 radical (unpaired) electrons. The predicted molar refractivity (Wildman–Crippen MR) is 60.5 cm³/mol. The van der Waals surface area contributed by atoms with Crippen LogP contribution in [0.4, 0.5) is 0 Å². The summed E-state index contributed by atoms with van der Waals surface area (Å²) in [5.41, 5.74) is 1.86. The molecular formula is C13H16O2. The minimum absolute atomic E-state index is 0.228.